The first kappa shape index (κ1) is 13.1. The molecule has 1 heterocycles. The lowest BCUT2D eigenvalue weighted by atomic mass is 9.86. The van der Waals surface area contributed by atoms with Crippen LogP contribution in [0.25, 0.3) is 0 Å². The summed E-state index contributed by atoms with van der Waals surface area (Å²) < 4.78 is 0. The second-order valence-corrected chi connectivity index (χ2v) is 6.18. The molecule has 1 aliphatic carbocycles. The molecule has 1 aliphatic heterocycles. The van der Waals surface area contributed by atoms with Crippen molar-refractivity contribution < 1.29 is 5.11 Å². The molecule has 1 fully saturated rings. The SMILES string of the molecule is OC1CCCCC1CN1CCc2ccccc2CC1. The van der Waals surface area contributed by atoms with E-state index in [-0.39, 0.29) is 6.10 Å². The molecule has 0 amide bonds. The van der Waals surface area contributed by atoms with Gasteiger partial charge in [0.2, 0.25) is 0 Å². The Morgan fingerprint density at radius 1 is 1.00 bits per heavy atom. The molecule has 0 bridgehead atoms. The van der Waals surface area contributed by atoms with Gasteiger partial charge in [-0.2, -0.15) is 0 Å². The van der Waals surface area contributed by atoms with Crippen LogP contribution in [0.2, 0.25) is 0 Å². The van der Waals surface area contributed by atoms with Gasteiger partial charge in [0.15, 0.2) is 0 Å². The first-order valence-electron chi connectivity index (χ1n) is 7.80. The fraction of sp³-hybridized carbons (Fsp3) is 0.647. The van der Waals surface area contributed by atoms with Crippen molar-refractivity contribution in [3.63, 3.8) is 0 Å². The first-order chi connectivity index (χ1) is 9.33. The molecule has 3 rings (SSSR count). The summed E-state index contributed by atoms with van der Waals surface area (Å²) in [4.78, 5) is 2.57. The van der Waals surface area contributed by atoms with Gasteiger partial charge in [0.05, 0.1) is 6.10 Å². The van der Waals surface area contributed by atoms with Crippen LogP contribution in [0.5, 0.6) is 0 Å². The van der Waals surface area contributed by atoms with Crippen molar-refractivity contribution in [3.8, 4) is 0 Å². The number of rotatable bonds is 2. The predicted octanol–water partition coefficient (Wildman–Crippen LogP) is 2.64. The molecule has 2 aliphatic rings. The summed E-state index contributed by atoms with van der Waals surface area (Å²) in [6.07, 6.45) is 7.01. The highest BCUT2D eigenvalue weighted by atomic mass is 16.3. The lowest BCUT2D eigenvalue weighted by Crippen LogP contribution is -2.38. The van der Waals surface area contributed by atoms with Crippen molar-refractivity contribution >= 4 is 0 Å². The standard InChI is InChI=1S/C17H25NO/c19-17-8-4-3-7-16(17)13-18-11-9-14-5-1-2-6-15(14)10-12-18/h1-2,5-6,16-17,19H,3-4,7-13H2. The van der Waals surface area contributed by atoms with E-state index in [1.54, 1.807) is 0 Å². The summed E-state index contributed by atoms with van der Waals surface area (Å²) in [5, 5.41) is 10.1. The Morgan fingerprint density at radius 2 is 1.63 bits per heavy atom. The Bertz CT molecular complexity index is 390. The maximum Gasteiger partial charge on any atom is 0.0580 e. The van der Waals surface area contributed by atoms with Crippen LogP contribution in [-0.2, 0) is 12.8 Å². The number of hydrogen-bond acceptors (Lipinski definition) is 2. The molecule has 2 atom stereocenters. The smallest absolute Gasteiger partial charge is 0.0580 e. The number of aliphatic hydroxyl groups excluding tert-OH is 1. The van der Waals surface area contributed by atoms with Gasteiger partial charge < -0.3 is 10.0 Å². The highest BCUT2D eigenvalue weighted by Crippen LogP contribution is 2.26. The van der Waals surface area contributed by atoms with E-state index in [9.17, 15) is 5.11 Å². The third-order valence-corrected chi connectivity index (χ3v) is 4.87. The quantitative estimate of drug-likeness (QED) is 0.882. The summed E-state index contributed by atoms with van der Waals surface area (Å²) in [6.45, 7) is 3.40. The van der Waals surface area contributed by atoms with E-state index in [2.05, 4.69) is 29.2 Å². The van der Waals surface area contributed by atoms with Gasteiger partial charge in [0, 0.05) is 19.6 Å². The minimum atomic E-state index is -0.0561. The molecule has 0 spiro atoms. The van der Waals surface area contributed by atoms with E-state index < -0.39 is 0 Å². The van der Waals surface area contributed by atoms with Crippen LogP contribution in [0.3, 0.4) is 0 Å². The molecule has 1 saturated carbocycles. The highest BCUT2D eigenvalue weighted by Gasteiger charge is 2.25. The van der Waals surface area contributed by atoms with E-state index in [0.717, 1.165) is 26.1 Å². The number of hydrogen-bond donors (Lipinski definition) is 1. The Labute approximate surface area is 116 Å². The lowest BCUT2D eigenvalue weighted by Gasteiger charge is -2.32. The second kappa shape index (κ2) is 6.06. The molecule has 2 heteroatoms. The van der Waals surface area contributed by atoms with Gasteiger partial charge in [-0.1, -0.05) is 37.1 Å². The zero-order valence-corrected chi connectivity index (χ0v) is 11.7. The zero-order valence-electron chi connectivity index (χ0n) is 11.7. The summed E-state index contributed by atoms with van der Waals surface area (Å²) in [5.74, 6) is 0.509. The molecule has 0 saturated heterocycles. The number of aliphatic hydroxyl groups is 1. The van der Waals surface area contributed by atoms with Crippen LogP contribution in [0.4, 0.5) is 0 Å². The molecule has 1 aromatic rings. The van der Waals surface area contributed by atoms with Crippen LogP contribution in [0, 0.1) is 5.92 Å². The summed E-state index contributed by atoms with van der Waals surface area (Å²) in [5.41, 5.74) is 3.04. The van der Waals surface area contributed by atoms with Crippen molar-refractivity contribution in [2.24, 2.45) is 5.92 Å². The molecule has 104 valence electrons. The summed E-state index contributed by atoms with van der Waals surface area (Å²) >= 11 is 0. The van der Waals surface area contributed by atoms with E-state index >= 15 is 0 Å². The Morgan fingerprint density at radius 3 is 2.26 bits per heavy atom. The fourth-order valence-electron chi connectivity index (χ4n) is 3.63. The van der Waals surface area contributed by atoms with E-state index in [4.69, 9.17) is 0 Å². The third kappa shape index (κ3) is 3.18. The Kier molecular flexibility index (Phi) is 4.19. The molecule has 1 N–H and O–H groups in total. The van der Waals surface area contributed by atoms with Crippen molar-refractivity contribution in [2.45, 2.75) is 44.6 Å². The maximum atomic E-state index is 10.1. The highest BCUT2D eigenvalue weighted by molar-refractivity contribution is 5.28. The van der Waals surface area contributed by atoms with Crippen molar-refractivity contribution in [3.05, 3.63) is 35.4 Å². The first-order valence-corrected chi connectivity index (χ1v) is 7.80. The van der Waals surface area contributed by atoms with Crippen molar-refractivity contribution in [2.75, 3.05) is 19.6 Å². The van der Waals surface area contributed by atoms with Gasteiger partial charge >= 0.3 is 0 Å². The van der Waals surface area contributed by atoms with Crippen LogP contribution < -0.4 is 0 Å². The number of nitrogens with zero attached hydrogens (tertiary/aromatic N) is 1. The summed E-state index contributed by atoms with van der Waals surface area (Å²) in [7, 11) is 0. The number of benzene rings is 1. The molecule has 1 aromatic carbocycles. The third-order valence-electron chi connectivity index (χ3n) is 4.87. The minimum absolute atomic E-state index is 0.0561. The minimum Gasteiger partial charge on any atom is -0.393 e. The van der Waals surface area contributed by atoms with Gasteiger partial charge in [0.1, 0.15) is 0 Å². The second-order valence-electron chi connectivity index (χ2n) is 6.18. The average Bonchev–Trinajstić information content (AvgIpc) is 2.64. The number of fused-ring (bicyclic) bond motifs is 1. The molecular formula is C17H25NO. The largest absolute Gasteiger partial charge is 0.393 e. The fourth-order valence-corrected chi connectivity index (χ4v) is 3.63. The van der Waals surface area contributed by atoms with Crippen LogP contribution >= 0.6 is 0 Å². The molecular weight excluding hydrogens is 234 g/mol. The van der Waals surface area contributed by atoms with Gasteiger partial charge in [-0.05, 0) is 42.7 Å². The van der Waals surface area contributed by atoms with Crippen molar-refractivity contribution in [1.29, 1.82) is 0 Å². The van der Waals surface area contributed by atoms with E-state index in [1.165, 1.54) is 43.2 Å². The van der Waals surface area contributed by atoms with Gasteiger partial charge in [-0.25, -0.2) is 0 Å². The van der Waals surface area contributed by atoms with Crippen LogP contribution in [-0.4, -0.2) is 35.7 Å². The molecule has 0 aromatic heterocycles. The van der Waals surface area contributed by atoms with Gasteiger partial charge in [-0.3, -0.25) is 0 Å². The van der Waals surface area contributed by atoms with Crippen LogP contribution in [0.15, 0.2) is 24.3 Å². The van der Waals surface area contributed by atoms with Crippen molar-refractivity contribution in [1.82, 2.24) is 4.90 Å². The summed E-state index contributed by atoms with van der Waals surface area (Å²) in [6, 6.07) is 8.85. The Hall–Kier alpha value is -0.860. The predicted molar refractivity (Wildman–Crippen MR) is 78.3 cm³/mol. The van der Waals surface area contributed by atoms with E-state index in [0.29, 0.717) is 5.92 Å². The lowest BCUT2D eigenvalue weighted by molar-refractivity contribution is 0.0473. The van der Waals surface area contributed by atoms with Gasteiger partial charge in [-0.15, -0.1) is 0 Å². The molecule has 0 radical (unpaired) electrons. The maximum absolute atomic E-state index is 10.1. The molecule has 2 nitrogen and oxygen atoms in total. The Balaban J connectivity index is 1.59. The van der Waals surface area contributed by atoms with E-state index in [1.807, 2.05) is 0 Å². The average molecular weight is 259 g/mol. The van der Waals surface area contributed by atoms with Crippen LogP contribution in [0.1, 0.15) is 36.8 Å². The molecule has 19 heavy (non-hydrogen) atoms. The monoisotopic (exact) mass is 259 g/mol. The molecule has 2 unspecified atom stereocenters. The zero-order chi connectivity index (χ0) is 13.1. The van der Waals surface area contributed by atoms with Gasteiger partial charge in [0.25, 0.3) is 0 Å². The normalized spacial score (nSPS) is 28.7. The topological polar surface area (TPSA) is 23.5 Å².